The molecule has 5 heteroatoms. The highest BCUT2D eigenvalue weighted by Gasteiger charge is 2.28. The minimum atomic E-state index is -2.45. The molecule has 144 valence electrons. The summed E-state index contributed by atoms with van der Waals surface area (Å²) in [6.07, 6.45) is -4.81. The molecule has 0 spiro atoms. The normalized spacial score (nSPS) is 11.8. The van der Waals surface area contributed by atoms with E-state index in [2.05, 4.69) is 48.5 Å². The zero-order valence-electron chi connectivity index (χ0n) is 15.7. The van der Waals surface area contributed by atoms with Gasteiger partial charge in [-0.15, -0.1) is 12.2 Å². The van der Waals surface area contributed by atoms with Crippen LogP contribution in [-0.2, 0) is 11.8 Å². The van der Waals surface area contributed by atoms with Crippen LogP contribution >= 0.6 is 24.7 Å². The Bertz CT molecular complexity index is 1090. The van der Waals surface area contributed by atoms with Crippen molar-refractivity contribution in [2.75, 3.05) is 0 Å². The summed E-state index contributed by atoms with van der Waals surface area (Å²) in [6, 6.07) is 41.3. The highest BCUT2D eigenvalue weighted by Crippen LogP contribution is 2.62. The third-order valence-electron chi connectivity index (χ3n) is 4.70. The Morgan fingerprint density at radius 3 is 1.07 bits per heavy atom. The number of thiol groups is 1. The van der Waals surface area contributed by atoms with E-state index in [0.29, 0.717) is 0 Å². The molecule has 0 radical (unpaired) electrons. The molecule has 0 heterocycles. The minimum absolute atomic E-state index is 1.09. The van der Waals surface area contributed by atoms with Gasteiger partial charge in [-0.05, 0) is 0 Å². The second-order valence-corrected chi connectivity index (χ2v) is 15.1. The molecule has 0 N–H and O–H groups in total. The van der Waals surface area contributed by atoms with Crippen LogP contribution in [0.2, 0.25) is 0 Å². The van der Waals surface area contributed by atoms with Crippen molar-refractivity contribution < 1.29 is 0 Å². The first-order valence-corrected chi connectivity index (χ1v) is 15.0. The summed E-state index contributed by atoms with van der Waals surface area (Å²) in [7, 11) is 0. The van der Waals surface area contributed by atoms with Crippen LogP contribution in [0.4, 0.5) is 0 Å². The predicted octanol–water partition coefficient (Wildman–Crippen LogP) is 5.73. The van der Waals surface area contributed by atoms with Crippen molar-refractivity contribution in [2.45, 2.75) is 0 Å². The van der Waals surface area contributed by atoms with Gasteiger partial charge in [-0.1, -0.05) is 133 Å². The van der Waals surface area contributed by atoms with E-state index in [4.69, 9.17) is 28.6 Å². The molecule has 0 unspecified atom stereocenters. The van der Waals surface area contributed by atoms with E-state index >= 15 is 0 Å². The summed E-state index contributed by atoms with van der Waals surface area (Å²) in [5.41, 5.74) is 0. The Morgan fingerprint density at radius 2 is 0.759 bits per heavy atom. The van der Waals surface area contributed by atoms with Gasteiger partial charge in [0.1, 0.15) is 6.19 Å². The summed E-state index contributed by atoms with van der Waals surface area (Å²) in [5, 5.41) is 4.42. The van der Waals surface area contributed by atoms with Gasteiger partial charge in [0.25, 0.3) is 0 Å². The van der Waals surface area contributed by atoms with Gasteiger partial charge in [-0.3, -0.25) is 0 Å². The summed E-state index contributed by atoms with van der Waals surface area (Å²) in [4.78, 5) is 0. The second kappa shape index (κ2) is 8.86. The summed E-state index contributed by atoms with van der Waals surface area (Å²) >= 11 is 11.7. The predicted molar refractivity (Wildman–Crippen MR) is 137 cm³/mol. The number of hydrogen-bond acceptors (Lipinski definition) is 1. The molecule has 0 bridgehead atoms. The van der Waals surface area contributed by atoms with Crippen LogP contribution in [0.25, 0.3) is 0 Å². The molecule has 4 aromatic carbocycles. The molecule has 0 atom stereocenters. The van der Waals surface area contributed by atoms with Crippen LogP contribution in [0.15, 0.2) is 126 Å². The molecule has 1 nitrogen and oxygen atoms in total. The quantitative estimate of drug-likeness (QED) is 0.303. The van der Waals surface area contributed by atoms with Gasteiger partial charge < -0.3 is 0 Å². The molecular weight excluding hydrogens is 428 g/mol. The fourth-order valence-electron chi connectivity index (χ4n) is 3.22. The maximum absolute atomic E-state index is 6.41. The molecule has 0 fully saturated rings. The molecule has 4 rings (SSSR count). The van der Waals surface area contributed by atoms with Gasteiger partial charge in [-0.25, -0.2) is 4.52 Å². The van der Waals surface area contributed by atoms with Crippen LogP contribution in [-0.4, -0.2) is 0 Å². The summed E-state index contributed by atoms with van der Waals surface area (Å²) in [6.45, 7) is 0. The van der Waals surface area contributed by atoms with Crippen molar-refractivity contribution in [1.82, 2.24) is 0 Å². The molecular formula is C24H21NP2S2. The molecule has 4 aromatic rings. The molecule has 0 saturated heterocycles. The highest BCUT2D eigenvalue weighted by atomic mass is 32.7. The maximum atomic E-state index is 6.41. The van der Waals surface area contributed by atoms with Gasteiger partial charge >= 0.3 is 0 Å². The fourth-order valence-corrected chi connectivity index (χ4v) is 13.3. The van der Waals surface area contributed by atoms with E-state index in [1.807, 2.05) is 72.8 Å². The first kappa shape index (κ1) is 20.4. The van der Waals surface area contributed by atoms with E-state index < -0.39 is 12.4 Å². The van der Waals surface area contributed by atoms with Gasteiger partial charge in [0.05, 0.1) is 6.26 Å². The largest absolute Gasteiger partial charge is 0.242 e. The molecule has 0 amide bonds. The molecule has 0 aliphatic rings. The first-order valence-electron chi connectivity index (χ1n) is 9.32. The summed E-state index contributed by atoms with van der Waals surface area (Å²) < 4.78 is 5.52. The van der Waals surface area contributed by atoms with Gasteiger partial charge in [0, 0.05) is 21.2 Å². The lowest BCUT2D eigenvalue weighted by Crippen LogP contribution is -2.17. The standard InChI is InChI=1S/C24H21NP2S2/c28-26(21-13-5-1-6-14-21,22-15-7-2-8-16-22)25-27(29,23-17-9-3-10-18-23)24-19-11-4-12-20-24/h1-20,28H. The van der Waals surface area contributed by atoms with Gasteiger partial charge in [0.2, 0.25) is 0 Å². The lowest BCUT2D eigenvalue weighted by atomic mass is 10.4. The fraction of sp³-hybridized carbons (Fsp3) is 0. The van der Waals surface area contributed by atoms with Gasteiger partial charge in [-0.2, -0.15) is 0 Å². The third kappa shape index (κ3) is 4.20. The van der Waals surface area contributed by atoms with Crippen LogP contribution in [0.3, 0.4) is 0 Å². The third-order valence-corrected chi connectivity index (χ3v) is 14.8. The molecule has 0 aliphatic carbocycles. The van der Waals surface area contributed by atoms with Gasteiger partial charge in [0.15, 0.2) is 0 Å². The lowest BCUT2D eigenvalue weighted by molar-refractivity contribution is 1.72. The number of hydrogen-bond donors (Lipinski definition) is 1. The van der Waals surface area contributed by atoms with Crippen molar-refractivity contribution in [3.63, 3.8) is 0 Å². The number of rotatable bonds is 5. The Hall–Kier alpha value is -1.89. The van der Waals surface area contributed by atoms with Crippen molar-refractivity contribution in [1.29, 1.82) is 0 Å². The Kier molecular flexibility index (Phi) is 6.23. The van der Waals surface area contributed by atoms with E-state index in [1.165, 1.54) is 0 Å². The van der Waals surface area contributed by atoms with Crippen molar-refractivity contribution in [3.8, 4) is 0 Å². The monoisotopic (exact) mass is 449 g/mol. The number of nitrogens with zero attached hydrogens (tertiary/aromatic N) is 1. The van der Waals surface area contributed by atoms with E-state index in [9.17, 15) is 0 Å². The maximum Gasteiger partial charge on any atom is 0.112 e. The van der Waals surface area contributed by atoms with E-state index in [1.54, 1.807) is 0 Å². The Labute approximate surface area is 183 Å². The van der Waals surface area contributed by atoms with Crippen molar-refractivity contribution in [3.05, 3.63) is 121 Å². The zero-order valence-corrected chi connectivity index (χ0v) is 19.2. The van der Waals surface area contributed by atoms with Crippen LogP contribution in [0.5, 0.6) is 0 Å². The summed E-state index contributed by atoms with van der Waals surface area (Å²) in [5.74, 6) is 0. The highest BCUT2D eigenvalue weighted by molar-refractivity contribution is 8.55. The van der Waals surface area contributed by atoms with Crippen LogP contribution in [0.1, 0.15) is 0 Å². The molecule has 0 saturated carbocycles. The SMILES string of the molecule is S=P(N=P(S)(c1ccccc1)c1ccccc1)(c1ccccc1)c1ccccc1. The topological polar surface area (TPSA) is 12.4 Å². The Morgan fingerprint density at radius 1 is 0.483 bits per heavy atom. The zero-order chi connectivity index (χ0) is 20.2. The van der Waals surface area contributed by atoms with E-state index in [0.717, 1.165) is 21.2 Å². The smallest absolute Gasteiger partial charge is 0.112 e. The second-order valence-electron chi connectivity index (χ2n) is 6.61. The minimum Gasteiger partial charge on any atom is -0.242 e. The molecule has 0 aromatic heterocycles. The average molecular weight is 450 g/mol. The molecule has 29 heavy (non-hydrogen) atoms. The van der Waals surface area contributed by atoms with E-state index in [-0.39, 0.29) is 0 Å². The molecule has 0 aliphatic heterocycles. The Balaban J connectivity index is 2.06. The van der Waals surface area contributed by atoms with Crippen molar-refractivity contribution >= 4 is 57.7 Å². The number of benzene rings is 4. The first-order chi connectivity index (χ1) is 14.1. The average Bonchev–Trinajstić information content (AvgIpc) is 2.81. The van der Waals surface area contributed by atoms with Crippen LogP contribution in [0, 0.1) is 0 Å². The van der Waals surface area contributed by atoms with Crippen LogP contribution < -0.4 is 21.2 Å². The van der Waals surface area contributed by atoms with Crippen molar-refractivity contribution in [2.24, 2.45) is 4.52 Å². The lowest BCUT2D eigenvalue weighted by Gasteiger charge is -2.27.